The fraction of sp³-hybridized carbons (Fsp3) is 0.533. The summed E-state index contributed by atoms with van der Waals surface area (Å²) < 4.78 is 1.86. The zero-order valence-electron chi connectivity index (χ0n) is 12.6. The van der Waals surface area contributed by atoms with Gasteiger partial charge in [-0.2, -0.15) is 4.68 Å². The maximum Gasteiger partial charge on any atom is 0.155 e. The maximum absolute atomic E-state index is 4.53. The molecule has 0 atom stereocenters. The molecule has 0 amide bonds. The monoisotopic (exact) mass is 273 g/mol. The van der Waals surface area contributed by atoms with Gasteiger partial charge in [0.05, 0.1) is 0 Å². The summed E-state index contributed by atoms with van der Waals surface area (Å²) in [5.74, 6) is 2.69. The molecular weight excluding hydrogens is 250 g/mol. The first kappa shape index (κ1) is 14.7. The third kappa shape index (κ3) is 3.42. The van der Waals surface area contributed by atoms with Crippen molar-refractivity contribution in [3.05, 3.63) is 35.5 Å². The van der Waals surface area contributed by atoms with Crippen LogP contribution in [0.2, 0.25) is 0 Å². The fourth-order valence-corrected chi connectivity index (χ4v) is 2.05. The van der Waals surface area contributed by atoms with Gasteiger partial charge in [-0.3, -0.25) is 0 Å². The summed E-state index contributed by atoms with van der Waals surface area (Å²) in [5, 5.41) is 7.93. The van der Waals surface area contributed by atoms with Crippen molar-refractivity contribution in [2.75, 3.05) is 6.54 Å². The van der Waals surface area contributed by atoms with Gasteiger partial charge in [0, 0.05) is 25.6 Å². The van der Waals surface area contributed by atoms with Crippen LogP contribution in [0, 0.1) is 0 Å². The molecule has 0 radical (unpaired) electrons. The first-order valence-corrected chi connectivity index (χ1v) is 7.39. The van der Waals surface area contributed by atoms with Gasteiger partial charge in [-0.05, 0) is 30.7 Å². The van der Waals surface area contributed by atoms with E-state index >= 15 is 0 Å². The summed E-state index contributed by atoms with van der Waals surface area (Å²) in [6.07, 6.45) is 4.68. The predicted octanol–water partition coefficient (Wildman–Crippen LogP) is 2.29. The second-order valence-electron chi connectivity index (χ2n) is 4.76. The van der Waals surface area contributed by atoms with E-state index in [0.29, 0.717) is 0 Å². The number of hydrogen-bond acceptors (Lipinski definition) is 4. The van der Waals surface area contributed by atoms with E-state index in [0.717, 1.165) is 49.8 Å². The van der Waals surface area contributed by atoms with Gasteiger partial charge in [0.15, 0.2) is 11.6 Å². The lowest BCUT2D eigenvalue weighted by molar-refractivity contribution is 0.673. The van der Waals surface area contributed by atoms with Crippen LogP contribution < -0.4 is 5.32 Å². The second kappa shape index (κ2) is 7.14. The average Bonchev–Trinajstić information content (AvgIpc) is 2.91. The highest BCUT2D eigenvalue weighted by atomic mass is 15.4. The SMILES string of the molecule is CCCNCc1ccnc(-n2nc(CC)nc2CC)c1. The van der Waals surface area contributed by atoms with Crippen molar-refractivity contribution < 1.29 is 0 Å². The van der Waals surface area contributed by atoms with E-state index in [1.54, 1.807) is 0 Å². The molecule has 0 saturated heterocycles. The molecule has 0 aliphatic heterocycles. The molecule has 0 saturated carbocycles. The number of nitrogens with one attached hydrogen (secondary N) is 1. The molecule has 5 heteroatoms. The first-order valence-electron chi connectivity index (χ1n) is 7.39. The van der Waals surface area contributed by atoms with Crippen LogP contribution >= 0.6 is 0 Å². The van der Waals surface area contributed by atoms with Gasteiger partial charge >= 0.3 is 0 Å². The minimum Gasteiger partial charge on any atom is -0.313 e. The number of aryl methyl sites for hydroxylation is 2. The fourth-order valence-electron chi connectivity index (χ4n) is 2.05. The van der Waals surface area contributed by atoms with E-state index < -0.39 is 0 Å². The normalized spacial score (nSPS) is 10.9. The molecule has 108 valence electrons. The molecule has 2 heterocycles. The molecule has 2 rings (SSSR count). The molecule has 0 spiro atoms. The Hall–Kier alpha value is -1.75. The predicted molar refractivity (Wildman–Crippen MR) is 79.9 cm³/mol. The van der Waals surface area contributed by atoms with Crippen LogP contribution in [0.4, 0.5) is 0 Å². The summed E-state index contributed by atoms with van der Waals surface area (Å²) in [4.78, 5) is 8.95. The second-order valence-corrected chi connectivity index (χ2v) is 4.76. The van der Waals surface area contributed by atoms with E-state index in [-0.39, 0.29) is 0 Å². The van der Waals surface area contributed by atoms with Gasteiger partial charge in [-0.15, -0.1) is 5.10 Å². The zero-order chi connectivity index (χ0) is 14.4. The molecule has 1 N–H and O–H groups in total. The molecule has 0 aliphatic rings. The summed E-state index contributed by atoms with van der Waals surface area (Å²) in [5.41, 5.74) is 1.22. The van der Waals surface area contributed by atoms with Gasteiger partial charge in [-0.1, -0.05) is 20.8 Å². The molecule has 0 aromatic carbocycles. The van der Waals surface area contributed by atoms with Crippen LogP contribution in [0.3, 0.4) is 0 Å². The van der Waals surface area contributed by atoms with Crippen molar-refractivity contribution in [3.63, 3.8) is 0 Å². The molecule has 0 fully saturated rings. The topological polar surface area (TPSA) is 55.6 Å². The molecule has 20 heavy (non-hydrogen) atoms. The third-order valence-corrected chi connectivity index (χ3v) is 3.13. The number of hydrogen-bond donors (Lipinski definition) is 1. The Morgan fingerprint density at radius 2 is 2.05 bits per heavy atom. The van der Waals surface area contributed by atoms with Crippen molar-refractivity contribution in [3.8, 4) is 5.82 Å². The highest BCUT2D eigenvalue weighted by Gasteiger charge is 2.10. The van der Waals surface area contributed by atoms with Gasteiger partial charge in [-0.25, -0.2) is 9.97 Å². The van der Waals surface area contributed by atoms with Crippen molar-refractivity contribution in [2.24, 2.45) is 0 Å². The van der Waals surface area contributed by atoms with Crippen LogP contribution in [0.15, 0.2) is 18.3 Å². The zero-order valence-corrected chi connectivity index (χ0v) is 12.6. The third-order valence-electron chi connectivity index (χ3n) is 3.13. The largest absolute Gasteiger partial charge is 0.313 e. The van der Waals surface area contributed by atoms with Crippen LogP contribution in [-0.2, 0) is 19.4 Å². The van der Waals surface area contributed by atoms with Crippen molar-refractivity contribution in [1.82, 2.24) is 25.1 Å². The molecule has 0 bridgehead atoms. The maximum atomic E-state index is 4.53. The Labute approximate surface area is 120 Å². The standard InChI is InChI=1S/C15H23N5/c1-4-8-16-11-12-7-9-17-15(10-12)20-14(6-3)18-13(5-2)19-20/h7,9-10,16H,4-6,8,11H2,1-3H3. The smallest absolute Gasteiger partial charge is 0.155 e. The molecule has 5 nitrogen and oxygen atoms in total. The van der Waals surface area contributed by atoms with E-state index in [4.69, 9.17) is 0 Å². The molecular formula is C15H23N5. The van der Waals surface area contributed by atoms with Gasteiger partial charge in [0.25, 0.3) is 0 Å². The molecule has 2 aromatic heterocycles. The Kier molecular flexibility index (Phi) is 5.24. The average molecular weight is 273 g/mol. The van der Waals surface area contributed by atoms with E-state index in [1.165, 1.54) is 5.56 Å². The van der Waals surface area contributed by atoms with Gasteiger partial charge in [0.1, 0.15) is 5.82 Å². The Morgan fingerprint density at radius 3 is 2.75 bits per heavy atom. The molecule has 0 unspecified atom stereocenters. The van der Waals surface area contributed by atoms with E-state index in [1.807, 2.05) is 16.9 Å². The summed E-state index contributed by atoms with van der Waals surface area (Å²) in [7, 11) is 0. The van der Waals surface area contributed by atoms with E-state index in [9.17, 15) is 0 Å². The molecule has 2 aromatic rings. The lowest BCUT2D eigenvalue weighted by Gasteiger charge is -2.07. The van der Waals surface area contributed by atoms with E-state index in [2.05, 4.69) is 47.2 Å². The summed E-state index contributed by atoms with van der Waals surface area (Å²) >= 11 is 0. The number of aromatic nitrogens is 4. The van der Waals surface area contributed by atoms with Crippen LogP contribution in [-0.4, -0.2) is 26.3 Å². The summed E-state index contributed by atoms with van der Waals surface area (Å²) in [6.45, 7) is 8.21. The van der Waals surface area contributed by atoms with Gasteiger partial charge in [0.2, 0.25) is 0 Å². The summed E-state index contributed by atoms with van der Waals surface area (Å²) in [6, 6.07) is 4.12. The Morgan fingerprint density at radius 1 is 1.20 bits per heavy atom. The lowest BCUT2D eigenvalue weighted by atomic mass is 10.2. The highest BCUT2D eigenvalue weighted by Crippen LogP contribution is 2.10. The van der Waals surface area contributed by atoms with Gasteiger partial charge < -0.3 is 5.32 Å². The van der Waals surface area contributed by atoms with Crippen LogP contribution in [0.5, 0.6) is 0 Å². The lowest BCUT2D eigenvalue weighted by Crippen LogP contribution is -2.14. The number of rotatable bonds is 7. The van der Waals surface area contributed by atoms with Crippen molar-refractivity contribution in [2.45, 2.75) is 46.6 Å². The highest BCUT2D eigenvalue weighted by molar-refractivity contribution is 5.28. The minimum absolute atomic E-state index is 0.845. The quantitative estimate of drug-likeness (QED) is 0.786. The Balaban J connectivity index is 2.23. The number of pyridine rings is 1. The minimum atomic E-state index is 0.845. The number of nitrogens with zero attached hydrogens (tertiary/aromatic N) is 4. The van der Waals surface area contributed by atoms with Crippen molar-refractivity contribution >= 4 is 0 Å². The molecule has 0 aliphatic carbocycles. The first-order chi connectivity index (χ1) is 9.78. The van der Waals surface area contributed by atoms with Crippen LogP contribution in [0.25, 0.3) is 5.82 Å². The Bertz CT molecular complexity index is 547. The van der Waals surface area contributed by atoms with Crippen molar-refractivity contribution in [1.29, 1.82) is 0 Å². The van der Waals surface area contributed by atoms with Crippen LogP contribution in [0.1, 0.15) is 44.4 Å².